The maximum atomic E-state index is 6.37. The number of halogens is 1. The largest absolute Gasteiger partial charge is 0.374 e. The third kappa shape index (κ3) is 2.77. The minimum atomic E-state index is -0.142. The summed E-state index contributed by atoms with van der Waals surface area (Å²) in [6.07, 6.45) is 1.84. The predicted octanol–water partition coefficient (Wildman–Crippen LogP) is 1.39. The minimum Gasteiger partial charge on any atom is -0.374 e. The summed E-state index contributed by atoms with van der Waals surface area (Å²) in [6, 6.07) is -0.142. The van der Waals surface area contributed by atoms with Gasteiger partial charge in [0.25, 0.3) is 0 Å². The van der Waals surface area contributed by atoms with E-state index < -0.39 is 0 Å². The van der Waals surface area contributed by atoms with Gasteiger partial charge in [-0.25, -0.2) is 0 Å². The maximum Gasteiger partial charge on any atom is 0.0910 e. The van der Waals surface area contributed by atoms with Gasteiger partial charge in [-0.15, -0.1) is 0 Å². The van der Waals surface area contributed by atoms with Crippen LogP contribution in [-0.2, 0) is 11.3 Å². The Morgan fingerprint density at radius 1 is 1.56 bits per heavy atom. The number of morpholine rings is 1. The van der Waals surface area contributed by atoms with Crippen molar-refractivity contribution in [3.63, 3.8) is 0 Å². The lowest BCUT2D eigenvalue weighted by atomic mass is 10.1. The van der Waals surface area contributed by atoms with Crippen LogP contribution >= 0.6 is 15.9 Å². The predicted molar refractivity (Wildman–Crippen MR) is 74.4 cm³/mol. The van der Waals surface area contributed by atoms with Crippen molar-refractivity contribution in [2.24, 2.45) is 5.73 Å². The standard InChI is InChI=1S/C12H21BrN4O/c1-3-16-5-6-18-10(8-16)11(14)12-9(13)7-15-17(12)4-2/h7,10-11H,3-6,8,14H2,1-2H3. The highest BCUT2D eigenvalue weighted by Gasteiger charge is 2.29. The Hall–Kier alpha value is -0.430. The van der Waals surface area contributed by atoms with E-state index in [4.69, 9.17) is 10.5 Å². The third-order valence-electron chi connectivity index (χ3n) is 3.47. The molecule has 1 aromatic rings. The average Bonchev–Trinajstić information content (AvgIpc) is 2.79. The Labute approximate surface area is 116 Å². The van der Waals surface area contributed by atoms with Crippen LogP contribution in [-0.4, -0.2) is 47.0 Å². The van der Waals surface area contributed by atoms with Crippen molar-refractivity contribution >= 4 is 15.9 Å². The monoisotopic (exact) mass is 316 g/mol. The van der Waals surface area contributed by atoms with Gasteiger partial charge in [0.1, 0.15) is 0 Å². The molecule has 0 bridgehead atoms. The molecule has 2 rings (SSSR count). The summed E-state index contributed by atoms with van der Waals surface area (Å²) in [7, 11) is 0. The van der Waals surface area contributed by atoms with Gasteiger partial charge in [0.2, 0.25) is 0 Å². The average molecular weight is 317 g/mol. The van der Waals surface area contributed by atoms with Gasteiger partial charge in [0.05, 0.1) is 35.1 Å². The minimum absolute atomic E-state index is 0.0389. The number of nitrogens with zero attached hydrogens (tertiary/aromatic N) is 3. The van der Waals surface area contributed by atoms with Crippen LogP contribution in [0.5, 0.6) is 0 Å². The first-order valence-electron chi connectivity index (χ1n) is 6.48. The molecule has 0 spiro atoms. The number of hydrogen-bond donors (Lipinski definition) is 1. The smallest absolute Gasteiger partial charge is 0.0910 e. The number of nitrogens with two attached hydrogens (primary N) is 1. The van der Waals surface area contributed by atoms with Crippen LogP contribution in [0, 0.1) is 0 Å². The van der Waals surface area contributed by atoms with Crippen molar-refractivity contribution in [1.29, 1.82) is 0 Å². The highest BCUT2D eigenvalue weighted by atomic mass is 79.9. The quantitative estimate of drug-likeness (QED) is 0.912. The van der Waals surface area contributed by atoms with Crippen molar-refractivity contribution in [2.75, 3.05) is 26.2 Å². The Morgan fingerprint density at radius 3 is 3.00 bits per heavy atom. The lowest BCUT2D eigenvalue weighted by molar-refractivity contribution is -0.0405. The molecule has 2 unspecified atom stereocenters. The Bertz CT molecular complexity index is 395. The van der Waals surface area contributed by atoms with Gasteiger partial charge in [-0.05, 0) is 29.4 Å². The molecule has 0 aliphatic carbocycles. The van der Waals surface area contributed by atoms with Crippen LogP contribution in [0.3, 0.4) is 0 Å². The van der Waals surface area contributed by atoms with Crippen LogP contribution in [0.1, 0.15) is 25.6 Å². The van der Waals surface area contributed by atoms with E-state index in [1.165, 1.54) is 0 Å². The topological polar surface area (TPSA) is 56.3 Å². The summed E-state index contributed by atoms with van der Waals surface area (Å²) < 4.78 is 8.72. The summed E-state index contributed by atoms with van der Waals surface area (Å²) in [4.78, 5) is 2.37. The Balaban J connectivity index is 2.14. The molecule has 1 aromatic heterocycles. The van der Waals surface area contributed by atoms with Crippen LogP contribution in [0.4, 0.5) is 0 Å². The number of likely N-dealkylation sites (N-methyl/N-ethyl adjacent to an activating group) is 1. The van der Waals surface area contributed by atoms with Gasteiger partial charge < -0.3 is 10.5 Å². The summed E-state index contributed by atoms with van der Waals surface area (Å²) in [5.41, 5.74) is 7.39. The van der Waals surface area contributed by atoms with Crippen molar-refractivity contribution in [3.05, 3.63) is 16.4 Å². The van der Waals surface area contributed by atoms with E-state index in [1.807, 2.05) is 4.68 Å². The summed E-state index contributed by atoms with van der Waals surface area (Å²) in [5, 5.41) is 4.31. The number of aryl methyl sites for hydroxylation is 1. The molecule has 2 heterocycles. The second kappa shape index (κ2) is 6.14. The highest BCUT2D eigenvalue weighted by molar-refractivity contribution is 9.10. The van der Waals surface area contributed by atoms with Gasteiger partial charge in [-0.2, -0.15) is 5.10 Å². The SMILES string of the molecule is CCN1CCOC(C(N)c2c(Br)cnn2CC)C1. The first-order valence-corrected chi connectivity index (χ1v) is 7.27. The molecule has 0 radical (unpaired) electrons. The summed E-state index contributed by atoms with van der Waals surface area (Å²) in [6.45, 7) is 8.73. The molecule has 102 valence electrons. The second-order valence-corrected chi connectivity index (χ2v) is 5.38. The molecule has 2 N–H and O–H groups in total. The number of aromatic nitrogens is 2. The maximum absolute atomic E-state index is 6.37. The van der Waals surface area contributed by atoms with Gasteiger partial charge >= 0.3 is 0 Å². The fourth-order valence-electron chi connectivity index (χ4n) is 2.37. The number of ether oxygens (including phenoxy) is 1. The fourth-order valence-corrected chi connectivity index (χ4v) is 2.93. The molecule has 0 amide bonds. The molecule has 0 aromatic carbocycles. The van der Waals surface area contributed by atoms with Crippen molar-refractivity contribution in [3.8, 4) is 0 Å². The molecule has 5 nitrogen and oxygen atoms in total. The van der Waals surface area contributed by atoms with Gasteiger partial charge in [0, 0.05) is 19.6 Å². The number of rotatable bonds is 4. The first-order chi connectivity index (χ1) is 8.67. The molecular formula is C12H21BrN4O. The lowest BCUT2D eigenvalue weighted by Gasteiger charge is -2.35. The molecule has 6 heteroatoms. The molecular weight excluding hydrogens is 296 g/mol. The Morgan fingerprint density at radius 2 is 2.33 bits per heavy atom. The van der Waals surface area contributed by atoms with E-state index in [0.29, 0.717) is 0 Å². The molecule has 1 aliphatic heterocycles. The fraction of sp³-hybridized carbons (Fsp3) is 0.750. The molecule has 1 fully saturated rings. The molecule has 1 aliphatic rings. The first kappa shape index (κ1) is 14.0. The molecule has 0 saturated carbocycles. The zero-order valence-corrected chi connectivity index (χ0v) is 12.6. The van der Waals surface area contributed by atoms with E-state index >= 15 is 0 Å². The highest BCUT2D eigenvalue weighted by Crippen LogP contribution is 2.26. The third-order valence-corrected chi connectivity index (χ3v) is 4.08. The molecule has 18 heavy (non-hydrogen) atoms. The van der Waals surface area contributed by atoms with Crippen molar-refractivity contribution in [2.45, 2.75) is 32.5 Å². The molecule has 1 saturated heterocycles. The van der Waals surface area contributed by atoms with E-state index in [0.717, 1.165) is 43.0 Å². The van der Waals surface area contributed by atoms with Crippen LogP contribution in [0.15, 0.2) is 10.7 Å². The van der Waals surface area contributed by atoms with Crippen LogP contribution in [0.25, 0.3) is 0 Å². The summed E-state index contributed by atoms with van der Waals surface area (Å²) >= 11 is 3.52. The van der Waals surface area contributed by atoms with Gasteiger partial charge in [-0.3, -0.25) is 9.58 Å². The molecule has 2 atom stereocenters. The van der Waals surface area contributed by atoms with Crippen LogP contribution < -0.4 is 5.73 Å². The van der Waals surface area contributed by atoms with Crippen molar-refractivity contribution < 1.29 is 4.74 Å². The van der Waals surface area contributed by atoms with E-state index in [-0.39, 0.29) is 12.1 Å². The zero-order valence-electron chi connectivity index (χ0n) is 11.0. The zero-order chi connectivity index (χ0) is 13.1. The second-order valence-electron chi connectivity index (χ2n) is 4.52. The summed E-state index contributed by atoms with van der Waals surface area (Å²) in [5.74, 6) is 0. The van der Waals surface area contributed by atoms with Crippen LogP contribution in [0.2, 0.25) is 0 Å². The van der Waals surface area contributed by atoms with E-state index in [2.05, 4.69) is 39.8 Å². The Kier molecular flexibility index (Phi) is 4.77. The lowest BCUT2D eigenvalue weighted by Crippen LogP contribution is -2.47. The normalized spacial score (nSPS) is 23.2. The van der Waals surface area contributed by atoms with Crippen molar-refractivity contribution in [1.82, 2.24) is 14.7 Å². The van der Waals surface area contributed by atoms with E-state index in [1.54, 1.807) is 6.20 Å². The van der Waals surface area contributed by atoms with E-state index in [9.17, 15) is 0 Å². The van der Waals surface area contributed by atoms with Gasteiger partial charge in [-0.1, -0.05) is 6.92 Å². The number of hydrogen-bond acceptors (Lipinski definition) is 4. The van der Waals surface area contributed by atoms with Gasteiger partial charge in [0.15, 0.2) is 0 Å².